The molecule has 0 aliphatic rings. The van der Waals surface area contributed by atoms with Crippen molar-refractivity contribution < 1.29 is 30.9 Å². The number of aromatic hydroxyl groups is 1. The molecular weight excluding hydrogens is 525 g/mol. The number of aryl methyl sites for hydroxylation is 2. The molecule has 39 heavy (non-hydrogen) atoms. The van der Waals surface area contributed by atoms with Crippen LogP contribution >= 0.6 is 0 Å². The number of hydrogen-bond donors (Lipinski definition) is 1. The molecule has 0 saturated carbocycles. The van der Waals surface area contributed by atoms with E-state index in [1.165, 1.54) is 0 Å². The first-order chi connectivity index (χ1) is 17.6. The maximum Gasteiger partial charge on any atom is 0.416 e. The second kappa shape index (κ2) is 9.88. The van der Waals surface area contributed by atoms with Gasteiger partial charge in [0.1, 0.15) is 10.6 Å². The Morgan fingerprint density at radius 2 is 1.15 bits per heavy atom. The van der Waals surface area contributed by atoms with E-state index in [0.717, 1.165) is 34.4 Å². The molecular formula is C31H37F3O4S. The summed E-state index contributed by atoms with van der Waals surface area (Å²) in [5, 5.41) is 11.6. The first-order valence-corrected chi connectivity index (χ1v) is 14.1. The summed E-state index contributed by atoms with van der Waals surface area (Å²) >= 11 is 0. The van der Waals surface area contributed by atoms with E-state index in [1.54, 1.807) is 0 Å². The van der Waals surface area contributed by atoms with Gasteiger partial charge in [0.2, 0.25) is 0 Å². The molecule has 4 nitrogen and oxygen atoms in total. The number of halogens is 3. The zero-order valence-electron chi connectivity index (χ0n) is 24.2. The molecule has 3 rings (SSSR count). The van der Waals surface area contributed by atoms with Gasteiger partial charge in [0.25, 0.3) is 0 Å². The average Bonchev–Trinajstić information content (AvgIpc) is 2.78. The van der Waals surface area contributed by atoms with Crippen LogP contribution in [0.1, 0.15) is 80.5 Å². The summed E-state index contributed by atoms with van der Waals surface area (Å²) in [6, 6.07) is 7.01. The minimum Gasteiger partial charge on any atom is -0.507 e. The number of rotatable bonds is 4. The fourth-order valence-corrected chi connectivity index (χ4v) is 5.54. The van der Waals surface area contributed by atoms with Gasteiger partial charge in [0.15, 0.2) is 5.75 Å². The molecule has 0 saturated heterocycles. The second-order valence-electron chi connectivity index (χ2n) is 12.2. The van der Waals surface area contributed by atoms with Crippen LogP contribution in [0.5, 0.6) is 11.5 Å². The van der Waals surface area contributed by atoms with E-state index in [9.17, 15) is 26.7 Å². The quantitative estimate of drug-likeness (QED) is 0.323. The van der Waals surface area contributed by atoms with Crippen LogP contribution in [0.25, 0.3) is 11.1 Å². The van der Waals surface area contributed by atoms with Crippen LogP contribution in [-0.4, -0.2) is 13.5 Å². The molecule has 8 heteroatoms. The fourth-order valence-electron chi connectivity index (χ4n) is 4.59. The summed E-state index contributed by atoms with van der Waals surface area (Å²) in [6.45, 7) is 19.3. The zero-order valence-corrected chi connectivity index (χ0v) is 25.0. The van der Waals surface area contributed by atoms with Crippen molar-refractivity contribution in [3.63, 3.8) is 0 Å². The fraction of sp³-hybridized carbons (Fsp3) is 0.419. The summed E-state index contributed by atoms with van der Waals surface area (Å²) in [5.41, 5.74) is 3.57. The van der Waals surface area contributed by atoms with Crippen molar-refractivity contribution in [2.75, 3.05) is 0 Å². The van der Waals surface area contributed by atoms with Gasteiger partial charge in [0.05, 0.1) is 5.56 Å². The number of phenols is 1. The third-order valence-electron chi connectivity index (χ3n) is 7.15. The van der Waals surface area contributed by atoms with Crippen LogP contribution in [0, 0.1) is 27.7 Å². The molecule has 0 bridgehead atoms. The molecule has 0 spiro atoms. The maximum atomic E-state index is 13.5. The van der Waals surface area contributed by atoms with Crippen molar-refractivity contribution >= 4 is 10.1 Å². The summed E-state index contributed by atoms with van der Waals surface area (Å²) in [7, 11) is -4.54. The van der Waals surface area contributed by atoms with E-state index < -0.39 is 37.6 Å². The molecule has 0 radical (unpaired) electrons. The van der Waals surface area contributed by atoms with Crippen molar-refractivity contribution in [1.82, 2.24) is 0 Å². The molecule has 3 aromatic carbocycles. The van der Waals surface area contributed by atoms with Crippen LogP contribution < -0.4 is 4.18 Å². The van der Waals surface area contributed by atoms with Gasteiger partial charge < -0.3 is 9.29 Å². The zero-order chi connectivity index (χ0) is 29.9. The van der Waals surface area contributed by atoms with Crippen LogP contribution in [0.3, 0.4) is 0 Å². The minimum atomic E-state index is -4.60. The molecule has 0 unspecified atom stereocenters. The lowest BCUT2D eigenvalue weighted by molar-refractivity contribution is -0.137. The Labute approximate surface area is 230 Å². The average molecular weight is 563 g/mol. The SMILES string of the molecule is Cc1cc(C(C)(C)C)c(O)c(-c2c(C)c(C)cc(C(C)(C)C)c2OS(=O)(=O)c2ccc(C(F)(F)F)cc2)c1C. The van der Waals surface area contributed by atoms with Gasteiger partial charge in [-0.05, 0) is 85.0 Å². The van der Waals surface area contributed by atoms with E-state index in [4.69, 9.17) is 4.18 Å². The molecule has 0 heterocycles. The van der Waals surface area contributed by atoms with E-state index in [-0.39, 0.29) is 11.5 Å². The minimum absolute atomic E-state index is 0.0379. The summed E-state index contributed by atoms with van der Waals surface area (Å²) in [4.78, 5) is -0.403. The van der Waals surface area contributed by atoms with Crippen LogP contribution in [0.2, 0.25) is 0 Å². The molecule has 3 aromatic rings. The molecule has 0 amide bonds. The highest BCUT2D eigenvalue weighted by molar-refractivity contribution is 7.87. The largest absolute Gasteiger partial charge is 0.507 e. The number of alkyl halides is 3. The normalized spacial score (nSPS) is 13.1. The third kappa shape index (κ3) is 5.96. The van der Waals surface area contributed by atoms with Gasteiger partial charge in [0, 0.05) is 22.3 Å². The topological polar surface area (TPSA) is 63.6 Å². The molecule has 212 valence electrons. The van der Waals surface area contributed by atoms with Crippen molar-refractivity contribution in [1.29, 1.82) is 0 Å². The Kier molecular flexibility index (Phi) is 7.74. The Morgan fingerprint density at radius 3 is 1.59 bits per heavy atom. The van der Waals surface area contributed by atoms with Crippen molar-refractivity contribution in [2.45, 2.75) is 91.1 Å². The molecule has 0 aliphatic heterocycles. The van der Waals surface area contributed by atoms with E-state index in [0.29, 0.717) is 34.4 Å². The summed E-state index contributed by atoms with van der Waals surface area (Å²) in [5.74, 6) is 0.0882. The van der Waals surface area contributed by atoms with Gasteiger partial charge in [-0.2, -0.15) is 21.6 Å². The molecule has 1 N–H and O–H groups in total. The van der Waals surface area contributed by atoms with Crippen molar-refractivity contribution in [2.24, 2.45) is 0 Å². The Balaban J connectivity index is 2.42. The van der Waals surface area contributed by atoms with E-state index in [1.807, 2.05) is 81.4 Å². The Bertz CT molecular complexity index is 1520. The lowest BCUT2D eigenvalue weighted by atomic mass is 9.78. The molecule has 0 atom stereocenters. The number of hydrogen-bond acceptors (Lipinski definition) is 4. The van der Waals surface area contributed by atoms with Gasteiger partial charge >= 0.3 is 16.3 Å². The summed E-state index contributed by atoms with van der Waals surface area (Å²) in [6.07, 6.45) is -4.60. The lowest BCUT2D eigenvalue weighted by Gasteiger charge is -2.29. The smallest absolute Gasteiger partial charge is 0.416 e. The number of benzene rings is 3. The highest BCUT2D eigenvalue weighted by Crippen LogP contribution is 2.50. The lowest BCUT2D eigenvalue weighted by Crippen LogP contribution is -2.19. The van der Waals surface area contributed by atoms with Crippen molar-refractivity contribution in [3.05, 3.63) is 75.3 Å². The van der Waals surface area contributed by atoms with E-state index in [2.05, 4.69) is 0 Å². The van der Waals surface area contributed by atoms with Gasteiger partial charge in [-0.25, -0.2) is 0 Å². The van der Waals surface area contributed by atoms with E-state index >= 15 is 0 Å². The standard InChI is InChI=1S/C31H37F3O4S/c1-17-15-23(29(5,6)7)27(35)25(19(17)3)26-20(4)18(2)16-24(30(8,9)10)28(26)38-39(36,37)22-13-11-21(12-14-22)31(32,33)34/h11-16,35H,1-10H3. The van der Waals surface area contributed by atoms with Crippen LogP contribution in [-0.2, 0) is 27.1 Å². The highest BCUT2D eigenvalue weighted by Gasteiger charge is 2.34. The molecule has 0 fully saturated rings. The number of phenolic OH excluding ortho intramolecular Hbond substituents is 1. The molecule has 0 aromatic heterocycles. The Morgan fingerprint density at radius 1 is 0.718 bits per heavy atom. The summed E-state index contributed by atoms with van der Waals surface area (Å²) < 4.78 is 72.2. The first-order valence-electron chi connectivity index (χ1n) is 12.7. The van der Waals surface area contributed by atoms with Gasteiger partial charge in [-0.3, -0.25) is 0 Å². The predicted octanol–water partition coefficient (Wildman–Crippen LogP) is 8.67. The van der Waals surface area contributed by atoms with Crippen molar-refractivity contribution in [3.8, 4) is 22.6 Å². The second-order valence-corrected chi connectivity index (χ2v) is 13.8. The van der Waals surface area contributed by atoms with Gasteiger partial charge in [-0.1, -0.05) is 53.7 Å². The Hall–Kier alpha value is -3.00. The van der Waals surface area contributed by atoms with Crippen LogP contribution in [0.4, 0.5) is 13.2 Å². The highest BCUT2D eigenvalue weighted by atomic mass is 32.2. The first kappa shape index (κ1) is 30.5. The maximum absolute atomic E-state index is 13.5. The van der Waals surface area contributed by atoms with Gasteiger partial charge in [-0.15, -0.1) is 0 Å². The monoisotopic (exact) mass is 562 g/mol. The predicted molar refractivity (Wildman–Crippen MR) is 149 cm³/mol. The molecule has 0 aliphatic carbocycles. The van der Waals surface area contributed by atoms with Crippen LogP contribution in [0.15, 0.2) is 41.3 Å². The third-order valence-corrected chi connectivity index (χ3v) is 8.38.